The van der Waals surface area contributed by atoms with Crippen molar-refractivity contribution in [3.8, 4) is 16.8 Å². The molecule has 36 heavy (non-hydrogen) atoms. The third kappa shape index (κ3) is 2.45. The minimum Gasteiger partial charge on any atom is -0.334 e. The van der Waals surface area contributed by atoms with Gasteiger partial charge in [0, 0.05) is 28.9 Å². The summed E-state index contributed by atoms with van der Waals surface area (Å²) < 4.78 is 4.46. The predicted molar refractivity (Wildman–Crippen MR) is 150 cm³/mol. The molecular weight excluding hydrogens is 438 g/mol. The lowest BCUT2D eigenvalue weighted by Crippen LogP contribution is -2.14. The highest BCUT2D eigenvalue weighted by atomic mass is 15.0. The van der Waals surface area contributed by atoms with Crippen molar-refractivity contribution >= 4 is 43.6 Å². The van der Waals surface area contributed by atoms with Crippen LogP contribution in [0.4, 0.5) is 0 Å². The van der Waals surface area contributed by atoms with Gasteiger partial charge in [0.25, 0.3) is 0 Å². The van der Waals surface area contributed by atoms with Crippen LogP contribution in [0.1, 0.15) is 25.0 Å². The Morgan fingerprint density at radius 2 is 1.44 bits per heavy atom. The Morgan fingerprint density at radius 1 is 0.639 bits per heavy atom. The molecule has 0 spiro atoms. The highest BCUT2D eigenvalue weighted by molar-refractivity contribution is 6.14. The molecule has 0 unspecified atom stereocenters. The molecule has 0 aliphatic heterocycles. The van der Waals surface area contributed by atoms with E-state index < -0.39 is 0 Å². The van der Waals surface area contributed by atoms with E-state index >= 15 is 0 Å². The Kier molecular flexibility index (Phi) is 3.67. The zero-order chi connectivity index (χ0) is 24.2. The second-order valence-electron chi connectivity index (χ2n) is 10.7. The second-order valence-corrected chi connectivity index (χ2v) is 10.7. The summed E-state index contributed by atoms with van der Waals surface area (Å²) >= 11 is 0. The molecule has 0 bridgehead atoms. The molecule has 3 heteroatoms. The minimum atomic E-state index is 0.00116. The summed E-state index contributed by atoms with van der Waals surface area (Å²) in [5.41, 5.74) is 11.3. The van der Waals surface area contributed by atoms with Crippen LogP contribution in [0, 0.1) is 0 Å². The maximum atomic E-state index is 4.62. The normalized spacial score (nSPS) is 14.2. The van der Waals surface area contributed by atoms with Gasteiger partial charge in [-0.2, -0.15) is 0 Å². The highest BCUT2D eigenvalue weighted by Crippen LogP contribution is 2.50. The molecule has 0 saturated carbocycles. The molecule has 0 saturated heterocycles. The number of fused-ring (bicyclic) bond motifs is 8. The van der Waals surface area contributed by atoms with Crippen molar-refractivity contribution in [2.45, 2.75) is 19.3 Å². The fourth-order valence-corrected chi connectivity index (χ4v) is 6.45. The molecule has 8 rings (SSSR count). The molecule has 2 heterocycles. The molecule has 3 nitrogen and oxygen atoms in total. The SMILES string of the molecule is Cn1cnc2cc(-n3c4ccccc4c4cc5cc6c(cc5cc43)-c3ccccc3C6(C)C)ccc21. The summed E-state index contributed by atoms with van der Waals surface area (Å²) in [5, 5.41) is 5.13. The van der Waals surface area contributed by atoms with E-state index in [-0.39, 0.29) is 5.41 Å². The molecule has 172 valence electrons. The number of benzene rings is 5. The van der Waals surface area contributed by atoms with Crippen LogP contribution in [0.25, 0.3) is 60.4 Å². The summed E-state index contributed by atoms with van der Waals surface area (Å²) in [7, 11) is 2.04. The molecule has 0 fully saturated rings. The molecular formula is C33H25N3. The van der Waals surface area contributed by atoms with Crippen molar-refractivity contribution < 1.29 is 0 Å². The summed E-state index contributed by atoms with van der Waals surface area (Å²) in [6.07, 6.45) is 1.88. The molecule has 0 amide bonds. The molecule has 1 aliphatic carbocycles. The Labute approximate surface area is 209 Å². The smallest absolute Gasteiger partial charge is 0.0955 e. The number of nitrogens with zero attached hydrogens (tertiary/aromatic N) is 3. The molecule has 2 aromatic heterocycles. The first kappa shape index (κ1) is 19.9. The average Bonchev–Trinajstić information content (AvgIpc) is 3.50. The fraction of sp³-hybridized carbons (Fsp3) is 0.121. The maximum Gasteiger partial charge on any atom is 0.0955 e. The van der Waals surface area contributed by atoms with Crippen molar-refractivity contribution in [1.82, 2.24) is 14.1 Å². The van der Waals surface area contributed by atoms with Gasteiger partial charge in [-0.05, 0) is 81.6 Å². The van der Waals surface area contributed by atoms with Gasteiger partial charge >= 0.3 is 0 Å². The summed E-state index contributed by atoms with van der Waals surface area (Å²) in [6.45, 7) is 4.70. The van der Waals surface area contributed by atoms with Crippen molar-refractivity contribution in [1.29, 1.82) is 0 Å². The van der Waals surface area contributed by atoms with E-state index in [9.17, 15) is 0 Å². The van der Waals surface area contributed by atoms with Crippen molar-refractivity contribution in [3.63, 3.8) is 0 Å². The number of rotatable bonds is 1. The van der Waals surface area contributed by atoms with Gasteiger partial charge in [0.15, 0.2) is 0 Å². The van der Waals surface area contributed by atoms with Crippen LogP contribution in [0.2, 0.25) is 0 Å². The Morgan fingerprint density at radius 3 is 2.36 bits per heavy atom. The van der Waals surface area contributed by atoms with Crippen LogP contribution in [0.3, 0.4) is 0 Å². The van der Waals surface area contributed by atoms with Crippen molar-refractivity contribution in [2.75, 3.05) is 0 Å². The van der Waals surface area contributed by atoms with E-state index in [1.54, 1.807) is 0 Å². The van der Waals surface area contributed by atoms with Gasteiger partial charge < -0.3 is 9.13 Å². The number of aromatic nitrogens is 3. The van der Waals surface area contributed by atoms with Crippen LogP contribution in [-0.4, -0.2) is 14.1 Å². The van der Waals surface area contributed by atoms with Gasteiger partial charge in [0.2, 0.25) is 0 Å². The van der Waals surface area contributed by atoms with Crippen LogP contribution >= 0.6 is 0 Å². The Balaban J connectivity index is 1.47. The molecule has 0 N–H and O–H groups in total. The van der Waals surface area contributed by atoms with E-state index in [0.717, 1.165) is 16.7 Å². The fourth-order valence-electron chi connectivity index (χ4n) is 6.45. The van der Waals surface area contributed by atoms with Gasteiger partial charge in [-0.15, -0.1) is 0 Å². The van der Waals surface area contributed by atoms with Gasteiger partial charge in [-0.3, -0.25) is 0 Å². The molecule has 0 atom stereocenters. The topological polar surface area (TPSA) is 22.8 Å². The van der Waals surface area contributed by atoms with Gasteiger partial charge in [-0.1, -0.05) is 56.3 Å². The second kappa shape index (κ2) is 6.64. The molecule has 7 aromatic rings. The van der Waals surface area contributed by atoms with Crippen LogP contribution < -0.4 is 0 Å². The average molecular weight is 464 g/mol. The monoisotopic (exact) mass is 463 g/mol. The Hall–Kier alpha value is -4.37. The van der Waals surface area contributed by atoms with Crippen molar-refractivity contribution in [3.05, 3.63) is 108 Å². The maximum absolute atomic E-state index is 4.62. The van der Waals surface area contributed by atoms with E-state index in [0.29, 0.717) is 0 Å². The summed E-state index contributed by atoms with van der Waals surface area (Å²) in [4.78, 5) is 4.62. The summed E-state index contributed by atoms with van der Waals surface area (Å²) in [6, 6.07) is 33.8. The lowest BCUT2D eigenvalue weighted by atomic mass is 9.82. The standard InChI is InChI=1S/C33H25N3/c1-33(2)27-10-6-4-8-23(27)25-14-21-17-32-26(15-20(21)16-28(25)33)24-9-5-7-11-30(24)36(32)22-12-13-31-29(18-22)34-19-35(31)3/h4-19H,1-3H3. The molecule has 5 aromatic carbocycles. The molecule has 0 radical (unpaired) electrons. The first-order chi connectivity index (χ1) is 17.5. The first-order valence-electron chi connectivity index (χ1n) is 12.5. The first-order valence-corrected chi connectivity index (χ1v) is 12.5. The van der Waals surface area contributed by atoms with Gasteiger partial charge in [-0.25, -0.2) is 4.98 Å². The van der Waals surface area contributed by atoms with Gasteiger partial charge in [0.05, 0.1) is 28.4 Å². The van der Waals surface area contributed by atoms with Crippen LogP contribution in [0.15, 0.2) is 97.3 Å². The summed E-state index contributed by atoms with van der Waals surface area (Å²) in [5.74, 6) is 0. The Bertz CT molecular complexity index is 2030. The number of hydrogen-bond acceptors (Lipinski definition) is 1. The zero-order valence-electron chi connectivity index (χ0n) is 20.6. The zero-order valence-corrected chi connectivity index (χ0v) is 20.6. The van der Waals surface area contributed by atoms with E-state index in [1.807, 2.05) is 13.4 Å². The van der Waals surface area contributed by atoms with E-state index in [2.05, 4.69) is 119 Å². The number of para-hydroxylation sites is 1. The third-order valence-corrected chi connectivity index (χ3v) is 8.30. The van der Waals surface area contributed by atoms with Crippen molar-refractivity contribution in [2.24, 2.45) is 7.05 Å². The number of aryl methyl sites for hydroxylation is 1. The molecule has 1 aliphatic rings. The van der Waals surface area contributed by atoms with E-state index in [4.69, 9.17) is 0 Å². The predicted octanol–water partition coefficient (Wildman–Crippen LogP) is 8.13. The lowest BCUT2D eigenvalue weighted by Gasteiger charge is -2.21. The van der Waals surface area contributed by atoms with E-state index in [1.165, 1.54) is 54.8 Å². The number of imidazole rings is 1. The van der Waals surface area contributed by atoms with Gasteiger partial charge in [0.1, 0.15) is 0 Å². The lowest BCUT2D eigenvalue weighted by molar-refractivity contribution is 0.661. The minimum absolute atomic E-state index is 0.00116. The number of hydrogen-bond donors (Lipinski definition) is 0. The van der Waals surface area contributed by atoms with Crippen LogP contribution in [-0.2, 0) is 12.5 Å². The third-order valence-electron chi connectivity index (χ3n) is 8.30. The quantitative estimate of drug-likeness (QED) is 0.241. The largest absolute Gasteiger partial charge is 0.334 e. The highest BCUT2D eigenvalue weighted by Gasteiger charge is 2.35. The van der Waals surface area contributed by atoms with Crippen LogP contribution in [0.5, 0.6) is 0 Å².